The molecule has 30 heavy (non-hydrogen) atoms. The Hall–Kier alpha value is -1.18. The van der Waals surface area contributed by atoms with Gasteiger partial charge in [0.1, 0.15) is 0 Å². The molecule has 4 unspecified atom stereocenters. The lowest BCUT2D eigenvalue weighted by Gasteiger charge is -2.25. The van der Waals surface area contributed by atoms with Gasteiger partial charge in [0, 0.05) is 58.2 Å². The van der Waals surface area contributed by atoms with Crippen molar-refractivity contribution >= 4 is 0 Å². The molecule has 0 radical (unpaired) electrons. The Balaban J connectivity index is 1.43. The topological polar surface area (TPSA) is 68.9 Å². The zero-order chi connectivity index (χ0) is 21.0. The third-order valence-corrected chi connectivity index (χ3v) is 7.07. The molecular weight excluding hydrogens is 372 g/mol. The fourth-order valence-electron chi connectivity index (χ4n) is 5.08. The lowest BCUT2D eigenvalue weighted by molar-refractivity contribution is 0.173. The van der Waals surface area contributed by atoms with Crippen LogP contribution in [0, 0.1) is 22.7 Å². The van der Waals surface area contributed by atoms with E-state index in [0.717, 1.165) is 39.3 Å². The lowest BCUT2D eigenvalue weighted by atomic mass is 9.98. The first-order valence-electron chi connectivity index (χ1n) is 12.5. The van der Waals surface area contributed by atoms with Crippen LogP contribution < -0.4 is 5.32 Å². The molecule has 2 saturated heterocycles. The standard InChI is InChI=1S/C24H42N6/c25-14-10-17-28-20-23(28)30(24-21-29(24)18-11-15-26)19-16-27-22-12-8-6-4-2-1-3-5-7-9-13-22/h22-24,27H,1-13,16-21H2. The number of nitrogens with zero attached hydrogens (tertiary/aromatic N) is 5. The minimum Gasteiger partial charge on any atom is -0.313 e. The zero-order valence-electron chi connectivity index (χ0n) is 18.9. The molecule has 168 valence electrons. The SMILES string of the molecule is N#CCCN1CC1N(CCNC1CCCCCCCCCCC1)C1CN1CCC#N. The molecule has 0 aromatic carbocycles. The van der Waals surface area contributed by atoms with E-state index >= 15 is 0 Å². The van der Waals surface area contributed by atoms with Crippen LogP contribution in [0.15, 0.2) is 0 Å². The van der Waals surface area contributed by atoms with Gasteiger partial charge in [-0.15, -0.1) is 0 Å². The van der Waals surface area contributed by atoms with Gasteiger partial charge >= 0.3 is 0 Å². The van der Waals surface area contributed by atoms with Crippen molar-refractivity contribution in [1.29, 1.82) is 10.5 Å². The average molecular weight is 415 g/mol. The molecule has 0 amide bonds. The molecule has 6 heteroatoms. The van der Waals surface area contributed by atoms with Crippen molar-refractivity contribution in [2.75, 3.05) is 39.3 Å². The summed E-state index contributed by atoms with van der Waals surface area (Å²) in [7, 11) is 0. The summed E-state index contributed by atoms with van der Waals surface area (Å²) < 4.78 is 0. The molecule has 3 fully saturated rings. The fraction of sp³-hybridized carbons (Fsp3) is 0.917. The number of hydrogen-bond acceptors (Lipinski definition) is 6. The Morgan fingerprint density at radius 2 is 1.20 bits per heavy atom. The summed E-state index contributed by atoms with van der Waals surface area (Å²) in [4.78, 5) is 7.46. The third-order valence-electron chi connectivity index (χ3n) is 7.07. The maximum absolute atomic E-state index is 8.89. The third kappa shape index (κ3) is 8.16. The van der Waals surface area contributed by atoms with E-state index in [4.69, 9.17) is 10.5 Å². The average Bonchev–Trinajstić information content (AvgIpc) is 3.66. The second-order valence-corrected chi connectivity index (χ2v) is 9.42. The Labute approximate surface area is 184 Å². The van der Waals surface area contributed by atoms with Crippen molar-refractivity contribution in [2.24, 2.45) is 0 Å². The molecule has 0 bridgehead atoms. The Bertz CT molecular complexity index is 523. The number of hydrogen-bond donors (Lipinski definition) is 1. The molecule has 1 aliphatic carbocycles. The van der Waals surface area contributed by atoms with Gasteiger partial charge in [0.05, 0.1) is 24.5 Å². The molecule has 3 aliphatic rings. The molecule has 1 N–H and O–H groups in total. The van der Waals surface area contributed by atoms with Crippen molar-refractivity contribution in [3.63, 3.8) is 0 Å². The van der Waals surface area contributed by atoms with E-state index in [1.807, 2.05) is 0 Å². The molecule has 6 nitrogen and oxygen atoms in total. The van der Waals surface area contributed by atoms with Gasteiger partial charge in [-0.05, 0) is 12.8 Å². The minimum atomic E-state index is 0.494. The number of nitriles is 2. The van der Waals surface area contributed by atoms with Crippen LogP contribution in [0.25, 0.3) is 0 Å². The lowest BCUT2D eigenvalue weighted by Crippen LogP contribution is -2.42. The van der Waals surface area contributed by atoms with Gasteiger partial charge in [0.2, 0.25) is 0 Å². The highest BCUT2D eigenvalue weighted by Gasteiger charge is 2.48. The van der Waals surface area contributed by atoms with Crippen LogP contribution >= 0.6 is 0 Å². The van der Waals surface area contributed by atoms with E-state index in [9.17, 15) is 0 Å². The summed E-state index contributed by atoms with van der Waals surface area (Å²) in [6, 6.07) is 5.23. The van der Waals surface area contributed by atoms with E-state index in [-0.39, 0.29) is 0 Å². The summed E-state index contributed by atoms with van der Waals surface area (Å²) in [5.41, 5.74) is 0. The first-order valence-corrected chi connectivity index (χ1v) is 12.5. The van der Waals surface area contributed by atoms with Crippen molar-refractivity contribution in [2.45, 2.75) is 102 Å². The Morgan fingerprint density at radius 1 is 0.733 bits per heavy atom. The second kappa shape index (κ2) is 13.3. The second-order valence-electron chi connectivity index (χ2n) is 9.42. The number of rotatable bonds is 10. The minimum absolute atomic E-state index is 0.494. The predicted molar refractivity (Wildman–Crippen MR) is 120 cm³/mol. The molecule has 2 aliphatic heterocycles. The monoisotopic (exact) mass is 414 g/mol. The van der Waals surface area contributed by atoms with Crippen LogP contribution in [0.3, 0.4) is 0 Å². The molecule has 4 atom stereocenters. The molecule has 2 heterocycles. The van der Waals surface area contributed by atoms with Gasteiger partial charge in [-0.3, -0.25) is 14.7 Å². The number of nitrogens with one attached hydrogen (secondary N) is 1. The highest BCUT2D eigenvalue weighted by Crippen LogP contribution is 2.31. The quantitative estimate of drug-likeness (QED) is 0.550. The first kappa shape index (κ1) is 23.5. The maximum Gasteiger partial charge on any atom is 0.0768 e. The molecule has 0 aromatic rings. The van der Waals surface area contributed by atoms with Crippen LogP contribution in [0.2, 0.25) is 0 Å². The van der Waals surface area contributed by atoms with E-state index in [1.165, 1.54) is 70.6 Å². The predicted octanol–water partition coefficient (Wildman–Crippen LogP) is 3.66. The van der Waals surface area contributed by atoms with Crippen molar-refractivity contribution in [3.8, 4) is 12.1 Å². The first-order chi connectivity index (χ1) is 14.8. The molecule has 1 saturated carbocycles. The summed E-state index contributed by atoms with van der Waals surface area (Å²) in [6.45, 7) is 6.08. The Kier molecular flexibility index (Phi) is 10.4. The van der Waals surface area contributed by atoms with Crippen LogP contribution in [-0.4, -0.2) is 72.3 Å². The van der Waals surface area contributed by atoms with Gasteiger partial charge in [-0.1, -0.05) is 57.8 Å². The van der Waals surface area contributed by atoms with Gasteiger partial charge in [-0.2, -0.15) is 10.5 Å². The van der Waals surface area contributed by atoms with Gasteiger partial charge in [0.15, 0.2) is 0 Å². The van der Waals surface area contributed by atoms with Gasteiger partial charge in [0.25, 0.3) is 0 Å². The Morgan fingerprint density at radius 3 is 1.67 bits per heavy atom. The van der Waals surface area contributed by atoms with E-state index in [2.05, 4.69) is 32.2 Å². The normalized spacial score (nSPS) is 30.6. The summed E-state index contributed by atoms with van der Waals surface area (Å²) in [5, 5.41) is 21.7. The van der Waals surface area contributed by atoms with E-state index < -0.39 is 0 Å². The van der Waals surface area contributed by atoms with E-state index in [1.54, 1.807) is 0 Å². The van der Waals surface area contributed by atoms with Crippen LogP contribution in [0.1, 0.15) is 83.5 Å². The summed E-state index contributed by atoms with van der Waals surface area (Å²) in [5.74, 6) is 0. The highest BCUT2D eigenvalue weighted by atomic mass is 15.6. The smallest absolute Gasteiger partial charge is 0.0768 e. The van der Waals surface area contributed by atoms with E-state index in [0.29, 0.717) is 31.2 Å². The summed E-state index contributed by atoms with van der Waals surface area (Å²) in [6.07, 6.45) is 17.6. The molecular formula is C24H42N6. The molecule has 0 aromatic heterocycles. The largest absolute Gasteiger partial charge is 0.313 e. The van der Waals surface area contributed by atoms with Crippen LogP contribution in [0.4, 0.5) is 0 Å². The summed E-state index contributed by atoms with van der Waals surface area (Å²) >= 11 is 0. The maximum atomic E-state index is 8.89. The fourth-order valence-corrected chi connectivity index (χ4v) is 5.08. The molecule has 3 rings (SSSR count). The zero-order valence-corrected chi connectivity index (χ0v) is 18.9. The van der Waals surface area contributed by atoms with Crippen molar-refractivity contribution in [3.05, 3.63) is 0 Å². The highest BCUT2D eigenvalue weighted by molar-refractivity contribution is 5.00. The van der Waals surface area contributed by atoms with Crippen LogP contribution in [0.5, 0.6) is 0 Å². The molecule has 0 spiro atoms. The van der Waals surface area contributed by atoms with Crippen LogP contribution in [-0.2, 0) is 0 Å². The van der Waals surface area contributed by atoms with Gasteiger partial charge < -0.3 is 5.32 Å². The van der Waals surface area contributed by atoms with Crippen molar-refractivity contribution in [1.82, 2.24) is 20.0 Å². The van der Waals surface area contributed by atoms with Crippen molar-refractivity contribution < 1.29 is 0 Å². The van der Waals surface area contributed by atoms with Gasteiger partial charge in [-0.25, -0.2) is 0 Å².